The highest BCUT2D eigenvalue weighted by Crippen LogP contribution is 2.35. The third-order valence-corrected chi connectivity index (χ3v) is 2.39. The first kappa shape index (κ1) is 12.0. The van der Waals surface area contributed by atoms with Gasteiger partial charge in [-0.25, -0.2) is 0 Å². The van der Waals surface area contributed by atoms with Crippen molar-refractivity contribution in [2.45, 2.75) is 33.0 Å². The van der Waals surface area contributed by atoms with E-state index in [0.29, 0.717) is 11.1 Å². The molecule has 1 atom stereocenters. The molecule has 4 heteroatoms. The van der Waals surface area contributed by atoms with Crippen molar-refractivity contribution in [2.24, 2.45) is 5.73 Å². The molecule has 1 aromatic carbocycles. The van der Waals surface area contributed by atoms with Crippen molar-refractivity contribution in [2.75, 3.05) is 0 Å². The van der Waals surface area contributed by atoms with Crippen LogP contribution in [0, 0.1) is 13.8 Å². The molecule has 0 amide bonds. The van der Waals surface area contributed by atoms with Gasteiger partial charge in [-0.2, -0.15) is 13.2 Å². The Kier molecular flexibility index (Phi) is 3.09. The summed E-state index contributed by atoms with van der Waals surface area (Å²) in [5, 5.41) is 0. The molecule has 1 rings (SSSR count). The Morgan fingerprint density at radius 1 is 1.20 bits per heavy atom. The minimum absolute atomic E-state index is 0.225. The molecular weight excluding hydrogens is 203 g/mol. The second-order valence-electron chi connectivity index (χ2n) is 3.81. The third kappa shape index (κ3) is 2.50. The van der Waals surface area contributed by atoms with Gasteiger partial charge in [0.2, 0.25) is 0 Å². The third-order valence-electron chi connectivity index (χ3n) is 2.39. The first-order chi connectivity index (χ1) is 6.73. The minimum atomic E-state index is -4.31. The highest BCUT2D eigenvalue weighted by molar-refractivity contribution is 5.41. The standard InChI is InChI=1S/C11H14F3N/c1-6-4-9(8(3)15)7(2)10(5-6)11(12,13)14/h4-5,8H,15H2,1-3H3/t8-/m1/s1. The molecule has 0 spiro atoms. The predicted octanol–water partition coefficient (Wildman–Crippen LogP) is 3.34. The zero-order valence-corrected chi connectivity index (χ0v) is 8.94. The van der Waals surface area contributed by atoms with Crippen molar-refractivity contribution < 1.29 is 13.2 Å². The number of nitrogens with two attached hydrogens (primary N) is 1. The van der Waals surface area contributed by atoms with Crippen LogP contribution in [-0.2, 0) is 6.18 Å². The predicted molar refractivity (Wildman–Crippen MR) is 53.5 cm³/mol. The summed E-state index contributed by atoms with van der Waals surface area (Å²) in [6, 6.07) is 2.47. The van der Waals surface area contributed by atoms with Gasteiger partial charge in [-0.3, -0.25) is 0 Å². The Bertz CT molecular complexity index is 367. The molecule has 0 heterocycles. The lowest BCUT2D eigenvalue weighted by atomic mass is 9.95. The molecule has 1 aromatic rings. The van der Waals surface area contributed by atoms with Gasteiger partial charge in [0.25, 0.3) is 0 Å². The highest BCUT2D eigenvalue weighted by Gasteiger charge is 2.33. The van der Waals surface area contributed by atoms with Gasteiger partial charge in [0.15, 0.2) is 0 Å². The summed E-state index contributed by atoms with van der Waals surface area (Å²) in [5.74, 6) is 0. The van der Waals surface area contributed by atoms with Crippen molar-refractivity contribution >= 4 is 0 Å². The summed E-state index contributed by atoms with van der Waals surface area (Å²) in [7, 11) is 0. The van der Waals surface area contributed by atoms with Gasteiger partial charge in [0, 0.05) is 6.04 Å². The highest BCUT2D eigenvalue weighted by atomic mass is 19.4. The fourth-order valence-electron chi connectivity index (χ4n) is 1.65. The van der Waals surface area contributed by atoms with E-state index in [2.05, 4.69) is 0 Å². The lowest BCUT2D eigenvalue weighted by Crippen LogP contribution is -2.14. The van der Waals surface area contributed by atoms with E-state index in [4.69, 9.17) is 5.73 Å². The number of hydrogen-bond acceptors (Lipinski definition) is 1. The van der Waals surface area contributed by atoms with E-state index in [9.17, 15) is 13.2 Å². The van der Waals surface area contributed by atoms with Gasteiger partial charge in [0.05, 0.1) is 5.56 Å². The molecule has 0 fully saturated rings. The summed E-state index contributed by atoms with van der Waals surface area (Å²) >= 11 is 0. The molecule has 0 saturated carbocycles. The summed E-state index contributed by atoms with van der Waals surface area (Å²) in [6.07, 6.45) is -4.31. The minimum Gasteiger partial charge on any atom is -0.324 e. The van der Waals surface area contributed by atoms with E-state index in [1.165, 1.54) is 6.92 Å². The SMILES string of the molecule is Cc1cc([C@@H](C)N)c(C)c(C(F)(F)F)c1. The number of alkyl halides is 3. The monoisotopic (exact) mass is 217 g/mol. The molecule has 0 aliphatic carbocycles. The van der Waals surface area contributed by atoms with Crippen LogP contribution in [0.2, 0.25) is 0 Å². The average Bonchev–Trinajstić information content (AvgIpc) is 2.06. The molecule has 2 N–H and O–H groups in total. The van der Waals surface area contributed by atoms with E-state index in [1.54, 1.807) is 19.9 Å². The molecule has 0 saturated heterocycles. The van der Waals surface area contributed by atoms with E-state index in [0.717, 1.165) is 6.07 Å². The Morgan fingerprint density at radius 2 is 1.73 bits per heavy atom. The van der Waals surface area contributed by atoms with Gasteiger partial charge in [-0.1, -0.05) is 11.6 Å². The van der Waals surface area contributed by atoms with Crippen LogP contribution >= 0.6 is 0 Å². The number of aryl methyl sites for hydroxylation is 1. The molecule has 0 radical (unpaired) electrons. The number of hydrogen-bond donors (Lipinski definition) is 1. The number of halogens is 3. The van der Waals surface area contributed by atoms with Gasteiger partial charge < -0.3 is 5.73 Å². The second-order valence-corrected chi connectivity index (χ2v) is 3.81. The number of rotatable bonds is 1. The van der Waals surface area contributed by atoms with E-state index >= 15 is 0 Å². The Balaban J connectivity index is 3.42. The molecule has 0 aliphatic rings. The maximum absolute atomic E-state index is 12.6. The van der Waals surface area contributed by atoms with Gasteiger partial charge >= 0.3 is 6.18 Å². The lowest BCUT2D eigenvalue weighted by Gasteiger charge is -2.17. The van der Waals surface area contributed by atoms with E-state index in [-0.39, 0.29) is 11.6 Å². The fourth-order valence-corrected chi connectivity index (χ4v) is 1.65. The van der Waals surface area contributed by atoms with Gasteiger partial charge in [-0.05, 0) is 38.0 Å². The first-order valence-corrected chi connectivity index (χ1v) is 4.67. The van der Waals surface area contributed by atoms with Crippen LogP contribution < -0.4 is 5.73 Å². The van der Waals surface area contributed by atoms with Gasteiger partial charge in [-0.15, -0.1) is 0 Å². The zero-order chi connectivity index (χ0) is 11.8. The zero-order valence-electron chi connectivity index (χ0n) is 8.94. The lowest BCUT2D eigenvalue weighted by molar-refractivity contribution is -0.138. The Hall–Kier alpha value is -1.03. The van der Waals surface area contributed by atoms with Crippen LogP contribution in [0.1, 0.15) is 35.2 Å². The van der Waals surface area contributed by atoms with Crippen molar-refractivity contribution in [3.05, 3.63) is 34.4 Å². The normalized spacial score (nSPS) is 14.1. The summed E-state index contributed by atoms with van der Waals surface area (Å²) in [4.78, 5) is 0. The van der Waals surface area contributed by atoms with Gasteiger partial charge in [0.1, 0.15) is 0 Å². The van der Waals surface area contributed by atoms with Crippen molar-refractivity contribution in [3.8, 4) is 0 Å². The first-order valence-electron chi connectivity index (χ1n) is 4.67. The maximum atomic E-state index is 12.6. The molecule has 84 valence electrons. The van der Waals surface area contributed by atoms with Crippen molar-refractivity contribution in [1.82, 2.24) is 0 Å². The van der Waals surface area contributed by atoms with Crippen LogP contribution in [0.5, 0.6) is 0 Å². The van der Waals surface area contributed by atoms with Crippen LogP contribution in [-0.4, -0.2) is 0 Å². The van der Waals surface area contributed by atoms with E-state index < -0.39 is 11.7 Å². The smallest absolute Gasteiger partial charge is 0.324 e. The molecule has 1 nitrogen and oxygen atoms in total. The molecule has 15 heavy (non-hydrogen) atoms. The molecule has 0 bridgehead atoms. The second kappa shape index (κ2) is 3.85. The molecule has 0 unspecified atom stereocenters. The molecular formula is C11H14F3N. The Labute approximate surface area is 87.1 Å². The van der Waals surface area contributed by atoms with Crippen LogP contribution in [0.15, 0.2) is 12.1 Å². The van der Waals surface area contributed by atoms with Crippen molar-refractivity contribution in [1.29, 1.82) is 0 Å². The largest absolute Gasteiger partial charge is 0.416 e. The quantitative estimate of drug-likeness (QED) is 0.767. The van der Waals surface area contributed by atoms with Crippen molar-refractivity contribution in [3.63, 3.8) is 0 Å². The Morgan fingerprint density at radius 3 is 2.13 bits per heavy atom. The number of benzene rings is 1. The summed E-state index contributed by atoms with van der Waals surface area (Å²) < 4.78 is 37.9. The van der Waals surface area contributed by atoms with Crippen LogP contribution in [0.3, 0.4) is 0 Å². The van der Waals surface area contributed by atoms with Crippen LogP contribution in [0.25, 0.3) is 0 Å². The van der Waals surface area contributed by atoms with Crippen LogP contribution in [0.4, 0.5) is 13.2 Å². The summed E-state index contributed by atoms with van der Waals surface area (Å²) in [5.41, 5.74) is 6.41. The molecule has 0 aliphatic heterocycles. The topological polar surface area (TPSA) is 26.0 Å². The average molecular weight is 217 g/mol. The molecule has 0 aromatic heterocycles. The maximum Gasteiger partial charge on any atom is 0.416 e. The fraction of sp³-hybridized carbons (Fsp3) is 0.455. The van der Waals surface area contributed by atoms with E-state index in [1.807, 2.05) is 0 Å². The summed E-state index contributed by atoms with van der Waals surface area (Å²) in [6.45, 7) is 4.78.